The zero-order valence-corrected chi connectivity index (χ0v) is 13.8. The van der Waals surface area contributed by atoms with Crippen LogP contribution in [0.4, 0.5) is 10.6 Å². The average Bonchev–Trinajstić information content (AvgIpc) is 3.04. The number of hydrogen-bond donors (Lipinski definition) is 1. The molecular formula is C17H26N4O2. The number of pyridine rings is 1. The third-order valence-corrected chi connectivity index (χ3v) is 4.71. The molecule has 1 aromatic heterocycles. The molecule has 3 heterocycles. The number of likely N-dealkylation sites (tertiary alicyclic amines) is 2. The van der Waals surface area contributed by atoms with Crippen LogP contribution in [0.3, 0.4) is 0 Å². The Hall–Kier alpha value is -1.82. The van der Waals surface area contributed by atoms with Gasteiger partial charge in [-0.2, -0.15) is 4.98 Å². The summed E-state index contributed by atoms with van der Waals surface area (Å²) in [6.45, 7) is 5.23. The van der Waals surface area contributed by atoms with Crippen molar-refractivity contribution in [1.29, 1.82) is 0 Å². The number of nitrogens with one attached hydrogen (secondary N) is 1. The van der Waals surface area contributed by atoms with Crippen LogP contribution in [0, 0.1) is 5.92 Å². The molecule has 23 heavy (non-hydrogen) atoms. The van der Waals surface area contributed by atoms with Gasteiger partial charge in [0.1, 0.15) is 5.82 Å². The Labute approximate surface area is 137 Å². The van der Waals surface area contributed by atoms with Crippen LogP contribution in [-0.2, 0) is 0 Å². The second kappa shape index (κ2) is 7.64. The van der Waals surface area contributed by atoms with Crippen LogP contribution in [0.15, 0.2) is 18.2 Å². The molecular weight excluding hydrogens is 292 g/mol. The maximum Gasteiger partial charge on any atom is 0.323 e. The van der Waals surface area contributed by atoms with E-state index < -0.39 is 0 Å². The van der Waals surface area contributed by atoms with Crippen molar-refractivity contribution in [2.24, 2.45) is 5.92 Å². The summed E-state index contributed by atoms with van der Waals surface area (Å²) < 4.78 is 5.08. The van der Waals surface area contributed by atoms with E-state index in [2.05, 4.69) is 15.2 Å². The Morgan fingerprint density at radius 2 is 2.13 bits per heavy atom. The fraction of sp³-hybridized carbons (Fsp3) is 0.647. The average molecular weight is 318 g/mol. The first-order valence-corrected chi connectivity index (χ1v) is 8.54. The van der Waals surface area contributed by atoms with Crippen molar-refractivity contribution in [1.82, 2.24) is 14.8 Å². The Kier molecular flexibility index (Phi) is 5.33. The summed E-state index contributed by atoms with van der Waals surface area (Å²) in [7, 11) is 1.57. The highest BCUT2D eigenvalue weighted by Gasteiger charge is 2.28. The van der Waals surface area contributed by atoms with Crippen LogP contribution >= 0.6 is 0 Å². The van der Waals surface area contributed by atoms with Crippen LogP contribution in [0.1, 0.15) is 25.7 Å². The first kappa shape index (κ1) is 16.1. The van der Waals surface area contributed by atoms with Crippen LogP contribution in [-0.4, -0.2) is 60.6 Å². The molecule has 1 unspecified atom stereocenters. The lowest BCUT2D eigenvalue weighted by Gasteiger charge is -2.28. The van der Waals surface area contributed by atoms with Gasteiger partial charge in [0.2, 0.25) is 5.88 Å². The number of amides is 2. The molecule has 2 aliphatic heterocycles. The standard InChI is InChI=1S/C17H26N4O2/c1-23-16-7-5-6-15(18-16)19-17(22)21-11-8-14(13-21)12-20-9-3-2-4-10-20/h5-7,14H,2-4,8-13H2,1H3,(H,18,19,22). The van der Waals surface area contributed by atoms with Crippen molar-refractivity contribution in [3.05, 3.63) is 18.2 Å². The Balaban J connectivity index is 1.48. The van der Waals surface area contributed by atoms with E-state index in [1.165, 1.54) is 32.4 Å². The van der Waals surface area contributed by atoms with E-state index in [1.807, 2.05) is 11.0 Å². The van der Waals surface area contributed by atoms with Gasteiger partial charge in [0.05, 0.1) is 7.11 Å². The molecule has 0 aromatic carbocycles. The number of piperidine rings is 1. The molecule has 2 saturated heterocycles. The highest BCUT2D eigenvalue weighted by Crippen LogP contribution is 2.21. The summed E-state index contributed by atoms with van der Waals surface area (Å²) in [5.41, 5.74) is 0. The first-order chi connectivity index (χ1) is 11.2. The van der Waals surface area contributed by atoms with E-state index in [1.54, 1.807) is 19.2 Å². The quantitative estimate of drug-likeness (QED) is 0.926. The zero-order chi connectivity index (χ0) is 16.1. The maximum atomic E-state index is 12.4. The number of nitrogens with zero attached hydrogens (tertiary/aromatic N) is 3. The highest BCUT2D eigenvalue weighted by molar-refractivity contribution is 5.88. The van der Waals surface area contributed by atoms with Crippen LogP contribution in [0.5, 0.6) is 5.88 Å². The number of rotatable bonds is 4. The molecule has 1 atom stereocenters. The Morgan fingerprint density at radius 1 is 1.30 bits per heavy atom. The lowest BCUT2D eigenvalue weighted by Crippen LogP contribution is -2.37. The summed E-state index contributed by atoms with van der Waals surface area (Å²) in [6.07, 6.45) is 5.09. The van der Waals surface area contributed by atoms with Gasteiger partial charge in [-0.25, -0.2) is 4.79 Å². The number of carbonyl (C=O) groups excluding carboxylic acids is 1. The van der Waals surface area contributed by atoms with Gasteiger partial charge in [0.15, 0.2) is 0 Å². The minimum absolute atomic E-state index is 0.0631. The van der Waals surface area contributed by atoms with E-state index in [4.69, 9.17) is 4.74 Å². The van der Waals surface area contributed by atoms with Crippen molar-refractivity contribution in [2.45, 2.75) is 25.7 Å². The smallest absolute Gasteiger partial charge is 0.323 e. The van der Waals surface area contributed by atoms with Crippen molar-refractivity contribution < 1.29 is 9.53 Å². The van der Waals surface area contributed by atoms with E-state index in [-0.39, 0.29) is 6.03 Å². The van der Waals surface area contributed by atoms with E-state index >= 15 is 0 Å². The van der Waals surface area contributed by atoms with Gasteiger partial charge in [-0.1, -0.05) is 12.5 Å². The van der Waals surface area contributed by atoms with E-state index in [0.29, 0.717) is 17.6 Å². The van der Waals surface area contributed by atoms with Gasteiger partial charge >= 0.3 is 6.03 Å². The second-order valence-corrected chi connectivity index (χ2v) is 6.46. The third-order valence-electron chi connectivity index (χ3n) is 4.71. The molecule has 0 aliphatic carbocycles. The SMILES string of the molecule is COc1cccc(NC(=O)N2CCC(CN3CCCCC3)C2)n1. The van der Waals surface area contributed by atoms with Crippen LogP contribution < -0.4 is 10.1 Å². The molecule has 1 aromatic rings. The van der Waals surface area contributed by atoms with Crippen molar-refractivity contribution in [2.75, 3.05) is 45.2 Å². The number of ether oxygens (including phenoxy) is 1. The van der Waals surface area contributed by atoms with Crippen molar-refractivity contribution in [3.63, 3.8) is 0 Å². The number of carbonyl (C=O) groups is 1. The third kappa shape index (κ3) is 4.34. The lowest BCUT2D eigenvalue weighted by atomic mass is 10.1. The highest BCUT2D eigenvalue weighted by atomic mass is 16.5. The van der Waals surface area contributed by atoms with E-state index in [9.17, 15) is 4.79 Å². The lowest BCUT2D eigenvalue weighted by molar-refractivity contribution is 0.192. The number of aromatic nitrogens is 1. The number of methoxy groups -OCH3 is 1. The topological polar surface area (TPSA) is 57.7 Å². The van der Waals surface area contributed by atoms with Gasteiger partial charge in [0, 0.05) is 25.7 Å². The minimum Gasteiger partial charge on any atom is -0.481 e. The zero-order valence-electron chi connectivity index (χ0n) is 13.8. The molecule has 0 radical (unpaired) electrons. The van der Waals surface area contributed by atoms with Crippen LogP contribution in [0.2, 0.25) is 0 Å². The van der Waals surface area contributed by atoms with E-state index in [0.717, 1.165) is 26.1 Å². The maximum absolute atomic E-state index is 12.4. The largest absolute Gasteiger partial charge is 0.481 e. The number of urea groups is 1. The summed E-state index contributed by atoms with van der Waals surface area (Å²) in [4.78, 5) is 21.1. The van der Waals surface area contributed by atoms with Gasteiger partial charge in [-0.05, 0) is 44.3 Å². The monoisotopic (exact) mass is 318 g/mol. The molecule has 126 valence electrons. The number of anilines is 1. The number of hydrogen-bond acceptors (Lipinski definition) is 4. The molecule has 2 aliphatic rings. The predicted molar refractivity (Wildman–Crippen MR) is 89.8 cm³/mol. The summed E-state index contributed by atoms with van der Waals surface area (Å²) in [6, 6.07) is 5.30. The normalized spacial score (nSPS) is 22.1. The molecule has 0 saturated carbocycles. The first-order valence-electron chi connectivity index (χ1n) is 8.54. The molecule has 0 bridgehead atoms. The van der Waals surface area contributed by atoms with Gasteiger partial charge in [-0.3, -0.25) is 5.32 Å². The minimum atomic E-state index is -0.0631. The van der Waals surface area contributed by atoms with Crippen molar-refractivity contribution in [3.8, 4) is 5.88 Å². The summed E-state index contributed by atoms with van der Waals surface area (Å²) >= 11 is 0. The molecule has 0 spiro atoms. The fourth-order valence-corrected chi connectivity index (χ4v) is 3.46. The molecule has 3 rings (SSSR count). The van der Waals surface area contributed by atoms with Crippen molar-refractivity contribution >= 4 is 11.8 Å². The fourth-order valence-electron chi connectivity index (χ4n) is 3.46. The molecule has 6 nitrogen and oxygen atoms in total. The predicted octanol–water partition coefficient (Wildman–Crippen LogP) is 2.43. The van der Waals surface area contributed by atoms with Gasteiger partial charge in [0.25, 0.3) is 0 Å². The molecule has 2 fully saturated rings. The Morgan fingerprint density at radius 3 is 2.91 bits per heavy atom. The molecule has 1 N–H and O–H groups in total. The second-order valence-electron chi connectivity index (χ2n) is 6.46. The Bertz CT molecular complexity index is 531. The van der Waals surface area contributed by atoms with Crippen LogP contribution in [0.25, 0.3) is 0 Å². The summed E-state index contributed by atoms with van der Waals surface area (Å²) in [5.74, 6) is 1.64. The van der Waals surface area contributed by atoms with Gasteiger partial charge < -0.3 is 14.5 Å². The molecule has 6 heteroatoms. The summed E-state index contributed by atoms with van der Waals surface area (Å²) in [5, 5.41) is 2.87. The molecule has 2 amide bonds. The van der Waals surface area contributed by atoms with Gasteiger partial charge in [-0.15, -0.1) is 0 Å².